The molecule has 3 aliphatic carbocycles. The van der Waals surface area contributed by atoms with E-state index in [-0.39, 0.29) is 0 Å². The molecule has 2 saturated carbocycles. The summed E-state index contributed by atoms with van der Waals surface area (Å²) < 4.78 is 1.86. The van der Waals surface area contributed by atoms with Crippen LogP contribution in [-0.2, 0) is 7.05 Å². The van der Waals surface area contributed by atoms with Crippen molar-refractivity contribution in [3.8, 4) is 11.4 Å². The number of allylic oxidation sites excluding steroid dienone is 2. The molecular weight excluding hydrogens is 396 g/mol. The number of fused-ring (bicyclic) bond motifs is 3. The quantitative estimate of drug-likeness (QED) is 0.666. The fourth-order valence-corrected chi connectivity index (χ4v) is 7.22. The molecule has 6 atom stereocenters. The fraction of sp³-hybridized carbons (Fsp3) is 0.654. The van der Waals surface area contributed by atoms with Gasteiger partial charge in [0.05, 0.1) is 11.9 Å². The molecule has 6 rings (SSSR count). The van der Waals surface area contributed by atoms with Crippen molar-refractivity contribution < 1.29 is 0 Å². The van der Waals surface area contributed by atoms with E-state index in [0.29, 0.717) is 0 Å². The van der Waals surface area contributed by atoms with Gasteiger partial charge in [0.15, 0.2) is 0 Å². The molecule has 0 amide bonds. The van der Waals surface area contributed by atoms with Crippen LogP contribution >= 0.6 is 0 Å². The smallest absolute Gasteiger partial charge is 0.148 e. The van der Waals surface area contributed by atoms with E-state index in [1.807, 2.05) is 30.1 Å². The average molecular weight is 433 g/mol. The van der Waals surface area contributed by atoms with Crippen LogP contribution in [0.2, 0.25) is 0 Å². The average Bonchev–Trinajstić information content (AvgIpc) is 3.58. The second-order valence-corrected chi connectivity index (χ2v) is 10.9. The van der Waals surface area contributed by atoms with Gasteiger partial charge in [-0.1, -0.05) is 12.2 Å². The molecule has 4 unspecified atom stereocenters. The maximum atomic E-state index is 4.42. The predicted molar refractivity (Wildman–Crippen MR) is 127 cm³/mol. The van der Waals surface area contributed by atoms with Crippen LogP contribution in [0.3, 0.4) is 0 Å². The second kappa shape index (κ2) is 8.29. The highest BCUT2D eigenvalue weighted by molar-refractivity contribution is 5.59. The van der Waals surface area contributed by atoms with Crippen LogP contribution < -0.4 is 5.32 Å². The van der Waals surface area contributed by atoms with Gasteiger partial charge in [0.2, 0.25) is 0 Å². The Labute approximate surface area is 191 Å². The topological polar surface area (TPSA) is 58.9 Å². The van der Waals surface area contributed by atoms with Crippen LogP contribution in [0.15, 0.2) is 30.5 Å². The van der Waals surface area contributed by atoms with E-state index < -0.39 is 0 Å². The van der Waals surface area contributed by atoms with Gasteiger partial charge < -0.3 is 10.2 Å². The Kier molecular flexibility index (Phi) is 5.28. The highest BCUT2D eigenvalue weighted by Gasteiger charge is 2.43. The van der Waals surface area contributed by atoms with Gasteiger partial charge in [0.1, 0.15) is 11.5 Å². The molecular formula is C26H36N6. The van der Waals surface area contributed by atoms with Gasteiger partial charge >= 0.3 is 0 Å². The summed E-state index contributed by atoms with van der Waals surface area (Å²) in [6.45, 7) is 7.11. The van der Waals surface area contributed by atoms with Crippen LogP contribution in [0.1, 0.15) is 37.7 Å². The lowest BCUT2D eigenvalue weighted by molar-refractivity contribution is 0.233. The molecule has 0 radical (unpaired) electrons. The summed E-state index contributed by atoms with van der Waals surface area (Å²) in [6, 6.07) is 4.08. The van der Waals surface area contributed by atoms with Gasteiger partial charge in [0, 0.05) is 33.2 Å². The molecule has 170 valence electrons. The Balaban J connectivity index is 0.944. The zero-order valence-corrected chi connectivity index (χ0v) is 19.5. The Morgan fingerprint density at radius 1 is 1.03 bits per heavy atom. The van der Waals surface area contributed by atoms with Crippen molar-refractivity contribution in [1.82, 2.24) is 24.9 Å². The Morgan fingerprint density at radius 3 is 2.50 bits per heavy atom. The molecule has 6 nitrogen and oxygen atoms in total. The van der Waals surface area contributed by atoms with Gasteiger partial charge in [-0.05, 0) is 92.2 Å². The van der Waals surface area contributed by atoms with E-state index in [4.69, 9.17) is 0 Å². The molecule has 0 aromatic carbocycles. The maximum absolute atomic E-state index is 4.42. The summed E-state index contributed by atoms with van der Waals surface area (Å²) in [6.07, 6.45) is 13.8. The van der Waals surface area contributed by atoms with Crippen LogP contribution in [0.4, 0.5) is 5.82 Å². The molecule has 2 aromatic rings. The van der Waals surface area contributed by atoms with Crippen molar-refractivity contribution in [2.45, 2.75) is 39.0 Å². The second-order valence-electron chi connectivity index (χ2n) is 10.9. The zero-order valence-electron chi connectivity index (χ0n) is 19.5. The van der Waals surface area contributed by atoms with Crippen LogP contribution in [0, 0.1) is 42.4 Å². The summed E-state index contributed by atoms with van der Waals surface area (Å²) in [5.41, 5.74) is 3.04. The molecule has 32 heavy (non-hydrogen) atoms. The molecule has 0 spiro atoms. The lowest BCUT2D eigenvalue weighted by Gasteiger charge is -2.26. The van der Waals surface area contributed by atoms with Gasteiger partial charge in [-0.2, -0.15) is 5.10 Å². The van der Waals surface area contributed by atoms with E-state index in [1.54, 1.807) is 0 Å². The van der Waals surface area contributed by atoms with Crippen molar-refractivity contribution in [2.75, 3.05) is 31.5 Å². The van der Waals surface area contributed by atoms with Crippen LogP contribution in [-0.4, -0.2) is 51.1 Å². The number of nitrogens with one attached hydrogen (secondary N) is 1. The van der Waals surface area contributed by atoms with E-state index in [1.165, 1.54) is 51.7 Å². The Hall–Kier alpha value is -2.21. The lowest BCUT2D eigenvalue weighted by atomic mass is 9.93. The molecule has 2 bridgehead atoms. The van der Waals surface area contributed by atoms with E-state index in [2.05, 4.69) is 44.6 Å². The first-order chi connectivity index (χ1) is 15.6. The van der Waals surface area contributed by atoms with E-state index >= 15 is 0 Å². The minimum absolute atomic E-state index is 0.870. The van der Waals surface area contributed by atoms with Crippen molar-refractivity contribution in [1.29, 1.82) is 0 Å². The standard InChI is InChI=1S/C26H36N6/c1-17-13-28-31(2)26(17)24-5-6-25(30-29-24)27-8-7-19-11-22-15-32(16-23(22)12-19)14-21-10-18-3-4-20(21)9-18/h3-6,13,18-23H,7-12,14-16H2,1-2H3,(H,27,30)/t18?,19?,20?,21?,22-,23+. The fourth-order valence-electron chi connectivity index (χ4n) is 7.22. The van der Waals surface area contributed by atoms with Gasteiger partial charge in [-0.25, -0.2) is 0 Å². The lowest BCUT2D eigenvalue weighted by Crippen LogP contribution is -2.30. The molecule has 3 heterocycles. The SMILES string of the molecule is Cc1cnn(C)c1-c1ccc(NCCC2C[C@@H]3CN(CC4CC5C=CC4C5)C[C@@H]3C2)nn1. The summed E-state index contributed by atoms with van der Waals surface area (Å²) in [4.78, 5) is 2.81. The van der Waals surface area contributed by atoms with E-state index in [9.17, 15) is 0 Å². The van der Waals surface area contributed by atoms with Crippen LogP contribution in [0.5, 0.6) is 0 Å². The third-order valence-corrected chi connectivity index (χ3v) is 8.72. The largest absolute Gasteiger partial charge is 0.369 e. The summed E-state index contributed by atoms with van der Waals surface area (Å²) in [7, 11) is 1.95. The number of nitrogens with zero attached hydrogens (tertiary/aromatic N) is 5. The Morgan fingerprint density at radius 2 is 1.88 bits per heavy atom. The number of aryl methyl sites for hydroxylation is 2. The molecule has 3 fully saturated rings. The summed E-state index contributed by atoms with van der Waals surface area (Å²) in [5, 5.41) is 16.6. The normalized spacial score (nSPS) is 33.3. The molecule has 6 heteroatoms. The van der Waals surface area contributed by atoms with E-state index in [0.717, 1.165) is 64.8 Å². The maximum Gasteiger partial charge on any atom is 0.148 e. The first kappa shape index (κ1) is 20.4. The molecule has 1 aliphatic heterocycles. The molecule has 1 N–H and O–H groups in total. The van der Waals surface area contributed by atoms with Gasteiger partial charge in [0.25, 0.3) is 0 Å². The summed E-state index contributed by atoms with van der Waals surface area (Å²) >= 11 is 0. The van der Waals surface area contributed by atoms with Gasteiger partial charge in [-0.15, -0.1) is 10.2 Å². The number of likely N-dealkylation sites (tertiary alicyclic amines) is 1. The van der Waals surface area contributed by atoms with Crippen molar-refractivity contribution in [3.63, 3.8) is 0 Å². The number of rotatable bonds is 7. The number of hydrogen-bond acceptors (Lipinski definition) is 5. The third kappa shape index (κ3) is 3.87. The predicted octanol–water partition coefficient (Wildman–Crippen LogP) is 4.16. The molecule has 4 aliphatic rings. The monoisotopic (exact) mass is 432 g/mol. The van der Waals surface area contributed by atoms with Crippen LogP contribution in [0.25, 0.3) is 11.4 Å². The first-order valence-electron chi connectivity index (χ1n) is 12.6. The zero-order chi connectivity index (χ0) is 21.7. The van der Waals surface area contributed by atoms with Crippen molar-refractivity contribution >= 4 is 5.82 Å². The third-order valence-electron chi connectivity index (χ3n) is 8.72. The molecule has 1 saturated heterocycles. The first-order valence-corrected chi connectivity index (χ1v) is 12.6. The number of hydrogen-bond donors (Lipinski definition) is 1. The highest BCUT2D eigenvalue weighted by atomic mass is 15.3. The van der Waals surface area contributed by atoms with Crippen molar-refractivity contribution in [2.24, 2.45) is 42.6 Å². The van der Waals surface area contributed by atoms with Crippen molar-refractivity contribution in [3.05, 3.63) is 36.0 Å². The minimum atomic E-state index is 0.870. The molecule has 2 aromatic heterocycles. The highest BCUT2D eigenvalue weighted by Crippen LogP contribution is 2.46. The number of anilines is 1. The number of aromatic nitrogens is 4. The summed E-state index contributed by atoms with van der Waals surface area (Å²) in [5.74, 6) is 6.37. The minimum Gasteiger partial charge on any atom is -0.369 e. The van der Waals surface area contributed by atoms with Gasteiger partial charge in [-0.3, -0.25) is 4.68 Å². The Bertz CT molecular complexity index is 945.